The minimum absolute atomic E-state index is 0.0215. The summed E-state index contributed by atoms with van der Waals surface area (Å²) in [6, 6.07) is 3.51. The maximum absolute atomic E-state index is 11.7. The number of piperidine rings is 1. The molecule has 0 unspecified atom stereocenters. The number of hydrogen-bond donors (Lipinski definition) is 2. The van der Waals surface area contributed by atoms with E-state index in [9.17, 15) is 13.5 Å². The Hall–Kier alpha value is -2.34. The van der Waals surface area contributed by atoms with E-state index in [2.05, 4.69) is 38.7 Å². The minimum atomic E-state index is -3.35. The first-order chi connectivity index (χ1) is 15.0. The summed E-state index contributed by atoms with van der Waals surface area (Å²) in [6.45, 7) is 6.42. The predicted molar refractivity (Wildman–Crippen MR) is 123 cm³/mol. The van der Waals surface area contributed by atoms with E-state index in [0.717, 1.165) is 23.2 Å². The third-order valence-electron chi connectivity index (χ3n) is 5.54. The van der Waals surface area contributed by atoms with Gasteiger partial charge in [-0.3, -0.25) is 0 Å². The number of rotatable bonds is 5. The molecule has 0 radical (unpaired) electrons. The van der Waals surface area contributed by atoms with Gasteiger partial charge in [0.15, 0.2) is 5.65 Å². The van der Waals surface area contributed by atoms with Crippen molar-refractivity contribution in [3.8, 4) is 11.4 Å². The van der Waals surface area contributed by atoms with Crippen molar-refractivity contribution in [3.63, 3.8) is 0 Å². The third-order valence-corrected chi connectivity index (χ3v) is 7.09. The van der Waals surface area contributed by atoms with Gasteiger partial charge in [-0.15, -0.1) is 0 Å². The van der Waals surface area contributed by atoms with Crippen molar-refractivity contribution < 1.29 is 13.5 Å². The molecule has 4 rings (SSSR count). The Morgan fingerprint density at radius 1 is 1.25 bits per heavy atom. The van der Waals surface area contributed by atoms with Crippen LogP contribution in [0.4, 0.5) is 5.95 Å². The number of pyridine rings is 1. The molecule has 1 aliphatic rings. The van der Waals surface area contributed by atoms with Crippen LogP contribution in [0.25, 0.3) is 22.6 Å². The van der Waals surface area contributed by atoms with E-state index >= 15 is 0 Å². The molecule has 2 atom stereocenters. The summed E-state index contributed by atoms with van der Waals surface area (Å²) in [7, 11) is -3.35. The van der Waals surface area contributed by atoms with Crippen LogP contribution < -0.4 is 5.32 Å². The Morgan fingerprint density at radius 2 is 2.00 bits per heavy atom. The number of halogens is 1. The molecular weight excluding hydrogens is 454 g/mol. The number of aromatic nitrogens is 5. The van der Waals surface area contributed by atoms with Gasteiger partial charge >= 0.3 is 0 Å². The highest BCUT2D eigenvalue weighted by Crippen LogP contribution is 2.28. The summed E-state index contributed by atoms with van der Waals surface area (Å²) in [6.07, 6.45) is 2.16. The average molecular weight is 480 g/mol. The second-order valence-electron chi connectivity index (χ2n) is 8.28. The number of aliphatic hydroxyl groups is 1. The molecule has 12 heteroatoms. The maximum Gasteiger partial charge on any atom is 0.223 e. The number of aliphatic hydroxyl groups excluding tert-OH is 1. The molecular formula is C20H26ClN7O3S. The topological polar surface area (TPSA) is 126 Å². The maximum atomic E-state index is 11.7. The minimum Gasteiger partial charge on any atom is -0.390 e. The fourth-order valence-corrected chi connectivity index (χ4v) is 5.04. The SMILES string of the molecule is Cc1nc2ccc(-c3nc(N[C@@H]4CCN(S(C)(=O)=O)C[C@H]4O)ncc3Cl)nc2n1C(C)C. The standard InChI is InChI=1S/C20H26ClN7O3S/c1-11(2)28-12(3)23-16-6-5-15(24-19(16)28)18-13(21)9-22-20(26-18)25-14-7-8-27(10-17(14)29)32(4,30)31/h5-6,9,11,14,17,29H,7-8,10H2,1-4H3,(H,22,25,26)/t14-,17-/m1/s1. The summed E-state index contributed by atoms with van der Waals surface area (Å²) in [4.78, 5) is 18.1. The van der Waals surface area contributed by atoms with E-state index in [1.165, 1.54) is 10.5 Å². The van der Waals surface area contributed by atoms with Gasteiger partial charge < -0.3 is 15.0 Å². The van der Waals surface area contributed by atoms with Crippen molar-refractivity contribution in [3.05, 3.63) is 29.2 Å². The number of nitrogens with zero attached hydrogens (tertiary/aromatic N) is 6. The van der Waals surface area contributed by atoms with Crippen LogP contribution in [0.5, 0.6) is 0 Å². The van der Waals surface area contributed by atoms with E-state index < -0.39 is 16.1 Å². The van der Waals surface area contributed by atoms with Crippen LogP contribution in [0.3, 0.4) is 0 Å². The first kappa shape index (κ1) is 22.8. The molecule has 10 nitrogen and oxygen atoms in total. The molecule has 0 spiro atoms. The Balaban J connectivity index is 1.62. The molecule has 3 aromatic heterocycles. The lowest BCUT2D eigenvalue weighted by Crippen LogP contribution is -2.51. The van der Waals surface area contributed by atoms with Gasteiger partial charge in [-0.2, -0.15) is 4.31 Å². The average Bonchev–Trinajstić information content (AvgIpc) is 3.05. The van der Waals surface area contributed by atoms with Crippen LogP contribution in [0.15, 0.2) is 18.3 Å². The zero-order chi connectivity index (χ0) is 23.2. The summed E-state index contributed by atoms with van der Waals surface area (Å²) in [5.74, 6) is 1.17. The molecule has 32 heavy (non-hydrogen) atoms. The lowest BCUT2D eigenvalue weighted by molar-refractivity contribution is 0.0950. The highest BCUT2D eigenvalue weighted by Gasteiger charge is 2.32. The van der Waals surface area contributed by atoms with Crippen LogP contribution in [-0.2, 0) is 10.0 Å². The predicted octanol–water partition coefficient (Wildman–Crippen LogP) is 2.24. The molecule has 1 fully saturated rings. The van der Waals surface area contributed by atoms with Gasteiger partial charge in [-0.1, -0.05) is 11.6 Å². The summed E-state index contributed by atoms with van der Waals surface area (Å²) < 4.78 is 26.8. The van der Waals surface area contributed by atoms with E-state index in [1.54, 1.807) is 0 Å². The Bertz CT molecular complexity index is 1260. The number of fused-ring (bicyclic) bond motifs is 1. The highest BCUT2D eigenvalue weighted by molar-refractivity contribution is 7.88. The van der Waals surface area contributed by atoms with E-state index in [0.29, 0.717) is 29.4 Å². The Morgan fingerprint density at radius 3 is 2.66 bits per heavy atom. The third kappa shape index (κ3) is 4.42. The normalized spacial score (nSPS) is 20.2. The van der Waals surface area contributed by atoms with Crippen molar-refractivity contribution in [2.24, 2.45) is 0 Å². The number of anilines is 1. The van der Waals surface area contributed by atoms with Crippen molar-refractivity contribution in [1.29, 1.82) is 0 Å². The highest BCUT2D eigenvalue weighted by atomic mass is 35.5. The van der Waals surface area contributed by atoms with Gasteiger partial charge in [0.05, 0.1) is 35.3 Å². The second kappa shape index (κ2) is 8.54. The van der Waals surface area contributed by atoms with Crippen LogP contribution >= 0.6 is 11.6 Å². The van der Waals surface area contributed by atoms with Crippen LogP contribution in [0.2, 0.25) is 5.02 Å². The Labute approximate surface area is 191 Å². The van der Waals surface area contributed by atoms with Gasteiger partial charge in [0.2, 0.25) is 16.0 Å². The number of β-amino-alcohol motifs (C(OH)–C–C–N with tert-alkyl or cyclic N) is 1. The zero-order valence-corrected chi connectivity index (χ0v) is 19.9. The van der Waals surface area contributed by atoms with Gasteiger partial charge in [0.25, 0.3) is 0 Å². The molecule has 1 saturated heterocycles. The fourth-order valence-electron chi connectivity index (χ4n) is 3.99. The van der Waals surface area contributed by atoms with E-state index in [4.69, 9.17) is 16.6 Å². The van der Waals surface area contributed by atoms with Gasteiger partial charge in [-0.05, 0) is 39.3 Å². The molecule has 3 aromatic rings. The molecule has 1 aliphatic heterocycles. The second-order valence-corrected chi connectivity index (χ2v) is 10.7. The number of aryl methyl sites for hydroxylation is 1. The largest absolute Gasteiger partial charge is 0.390 e. The molecule has 0 saturated carbocycles. The first-order valence-electron chi connectivity index (χ1n) is 10.3. The van der Waals surface area contributed by atoms with Crippen molar-refractivity contribution in [2.75, 3.05) is 24.7 Å². The van der Waals surface area contributed by atoms with Crippen molar-refractivity contribution >= 4 is 38.7 Å². The van der Waals surface area contributed by atoms with Crippen LogP contribution in [0.1, 0.15) is 32.1 Å². The van der Waals surface area contributed by atoms with Gasteiger partial charge in [-0.25, -0.2) is 28.4 Å². The lowest BCUT2D eigenvalue weighted by Gasteiger charge is -2.34. The quantitative estimate of drug-likeness (QED) is 0.570. The van der Waals surface area contributed by atoms with Crippen molar-refractivity contribution in [1.82, 2.24) is 28.8 Å². The van der Waals surface area contributed by atoms with Gasteiger partial charge in [0.1, 0.15) is 17.0 Å². The van der Waals surface area contributed by atoms with Gasteiger partial charge in [0, 0.05) is 19.1 Å². The summed E-state index contributed by atoms with van der Waals surface area (Å²) in [5.41, 5.74) is 2.59. The van der Waals surface area contributed by atoms with Crippen molar-refractivity contribution in [2.45, 2.75) is 45.4 Å². The molecule has 0 amide bonds. The van der Waals surface area contributed by atoms with E-state index in [1.807, 2.05) is 19.1 Å². The zero-order valence-electron chi connectivity index (χ0n) is 18.3. The number of hydrogen-bond acceptors (Lipinski definition) is 8. The fraction of sp³-hybridized carbons (Fsp3) is 0.500. The number of imidazole rings is 1. The van der Waals surface area contributed by atoms with E-state index in [-0.39, 0.29) is 24.6 Å². The molecule has 2 N–H and O–H groups in total. The summed E-state index contributed by atoms with van der Waals surface area (Å²) in [5, 5.41) is 13.9. The van der Waals surface area contributed by atoms with Crippen LogP contribution in [0, 0.1) is 6.92 Å². The smallest absolute Gasteiger partial charge is 0.223 e. The first-order valence-corrected chi connectivity index (χ1v) is 12.6. The number of nitrogens with one attached hydrogen (secondary N) is 1. The number of sulfonamides is 1. The molecule has 0 aromatic carbocycles. The molecule has 172 valence electrons. The molecule has 0 aliphatic carbocycles. The summed E-state index contributed by atoms with van der Waals surface area (Å²) >= 11 is 6.39. The molecule has 4 heterocycles. The van der Waals surface area contributed by atoms with Crippen LogP contribution in [-0.4, -0.2) is 73.8 Å². The Kier molecular flexibility index (Phi) is 6.10. The lowest BCUT2D eigenvalue weighted by atomic mass is 10.0. The molecule has 0 bridgehead atoms. The monoisotopic (exact) mass is 479 g/mol.